The van der Waals surface area contributed by atoms with Gasteiger partial charge < -0.3 is 5.11 Å². The first-order chi connectivity index (χ1) is 9.25. The number of hydrogen-bond acceptors (Lipinski definition) is 3. The molecule has 1 aromatic rings. The number of hydrogen-bond donors (Lipinski definition) is 1. The van der Waals surface area contributed by atoms with Gasteiger partial charge in [0.15, 0.2) is 0 Å². The summed E-state index contributed by atoms with van der Waals surface area (Å²) in [5.41, 5.74) is 0.350. The van der Waals surface area contributed by atoms with E-state index in [0.717, 1.165) is 10.4 Å². The molecule has 0 aliphatic rings. The molecular formula is C13H14BrNO4S. The van der Waals surface area contributed by atoms with Crippen molar-refractivity contribution < 1.29 is 18.3 Å². The van der Waals surface area contributed by atoms with Crippen LogP contribution in [0, 0.1) is 19.3 Å². The molecule has 0 saturated heterocycles. The van der Waals surface area contributed by atoms with E-state index in [1.54, 1.807) is 13.8 Å². The summed E-state index contributed by atoms with van der Waals surface area (Å²) in [7, 11) is -3.82. The molecule has 0 bridgehead atoms. The van der Waals surface area contributed by atoms with Crippen molar-refractivity contribution in [3.63, 3.8) is 0 Å². The zero-order valence-corrected chi connectivity index (χ0v) is 13.5. The van der Waals surface area contributed by atoms with E-state index in [2.05, 4.69) is 21.9 Å². The maximum absolute atomic E-state index is 12.5. The lowest BCUT2D eigenvalue weighted by molar-refractivity contribution is 0.0696. The van der Waals surface area contributed by atoms with Crippen molar-refractivity contribution in [3.8, 4) is 12.3 Å². The molecule has 1 N–H and O–H groups in total. The average Bonchev–Trinajstić information content (AvgIpc) is 2.38. The van der Waals surface area contributed by atoms with Crippen molar-refractivity contribution in [2.24, 2.45) is 0 Å². The van der Waals surface area contributed by atoms with Gasteiger partial charge in [0, 0.05) is 11.0 Å². The van der Waals surface area contributed by atoms with Crippen LogP contribution in [0.1, 0.15) is 22.8 Å². The zero-order chi connectivity index (χ0) is 15.5. The maximum Gasteiger partial charge on any atom is 0.335 e. The molecule has 1 aromatic carbocycles. The van der Waals surface area contributed by atoms with Gasteiger partial charge in [-0.2, -0.15) is 4.31 Å². The van der Waals surface area contributed by atoms with E-state index in [9.17, 15) is 13.2 Å². The van der Waals surface area contributed by atoms with Gasteiger partial charge in [0.1, 0.15) is 0 Å². The number of aromatic carboxylic acids is 1. The second-order valence-corrected chi connectivity index (χ2v) is 6.78. The first-order valence-electron chi connectivity index (χ1n) is 5.72. The number of benzene rings is 1. The maximum atomic E-state index is 12.5. The molecule has 20 heavy (non-hydrogen) atoms. The van der Waals surface area contributed by atoms with Crippen LogP contribution < -0.4 is 0 Å². The van der Waals surface area contributed by atoms with Crippen LogP contribution in [-0.4, -0.2) is 36.9 Å². The van der Waals surface area contributed by atoms with Gasteiger partial charge in [-0.3, -0.25) is 0 Å². The Bertz CT molecular complexity index is 676. The monoisotopic (exact) mass is 359 g/mol. The predicted molar refractivity (Wildman–Crippen MR) is 79.1 cm³/mol. The molecule has 0 heterocycles. The smallest absolute Gasteiger partial charge is 0.335 e. The molecule has 0 aliphatic carbocycles. The second kappa shape index (κ2) is 6.39. The van der Waals surface area contributed by atoms with E-state index in [0.29, 0.717) is 10.0 Å². The zero-order valence-electron chi connectivity index (χ0n) is 11.1. The fourth-order valence-corrected chi connectivity index (χ4v) is 3.88. The number of terminal acetylenes is 1. The Labute approximate surface area is 126 Å². The molecule has 108 valence electrons. The van der Waals surface area contributed by atoms with E-state index in [1.807, 2.05) is 0 Å². The molecule has 0 amide bonds. The summed E-state index contributed by atoms with van der Waals surface area (Å²) in [5.74, 6) is 1.09. The number of rotatable bonds is 5. The van der Waals surface area contributed by atoms with Crippen molar-refractivity contribution >= 4 is 31.9 Å². The third kappa shape index (κ3) is 3.20. The van der Waals surface area contributed by atoms with Crippen molar-refractivity contribution in [1.29, 1.82) is 0 Å². The van der Waals surface area contributed by atoms with Gasteiger partial charge >= 0.3 is 5.97 Å². The number of carboxylic acids is 1. The third-order valence-electron chi connectivity index (χ3n) is 2.78. The van der Waals surface area contributed by atoms with E-state index < -0.39 is 16.0 Å². The molecule has 0 unspecified atom stereocenters. The third-order valence-corrected chi connectivity index (χ3v) is 5.65. The largest absolute Gasteiger partial charge is 0.478 e. The highest BCUT2D eigenvalue weighted by Gasteiger charge is 2.26. The first kappa shape index (κ1) is 16.7. The fourth-order valence-electron chi connectivity index (χ4n) is 1.65. The van der Waals surface area contributed by atoms with E-state index in [4.69, 9.17) is 11.5 Å². The quantitative estimate of drug-likeness (QED) is 0.816. The molecule has 0 aromatic heterocycles. The Morgan fingerprint density at radius 3 is 2.55 bits per heavy atom. The number of nitrogens with zero attached hydrogens (tertiary/aromatic N) is 1. The van der Waals surface area contributed by atoms with Crippen molar-refractivity contribution in [1.82, 2.24) is 4.31 Å². The van der Waals surface area contributed by atoms with Gasteiger partial charge in [-0.25, -0.2) is 13.2 Å². The summed E-state index contributed by atoms with van der Waals surface area (Å²) >= 11 is 3.18. The standard InChI is InChI=1S/C13H14BrNO4S/c1-4-6-15(5-2)20(18,19)12-8-10(13(16)17)7-11(14)9(12)3/h1,7-8H,5-6H2,2-3H3,(H,16,17). The lowest BCUT2D eigenvalue weighted by Crippen LogP contribution is -2.32. The summed E-state index contributed by atoms with van der Waals surface area (Å²) in [6.45, 7) is 3.42. The Kier molecular flexibility index (Phi) is 5.34. The first-order valence-corrected chi connectivity index (χ1v) is 7.96. The van der Waals surface area contributed by atoms with Gasteiger partial charge in [0.2, 0.25) is 10.0 Å². The van der Waals surface area contributed by atoms with Crippen LogP contribution in [0.5, 0.6) is 0 Å². The Balaban J connectivity index is 3.53. The summed E-state index contributed by atoms with van der Waals surface area (Å²) in [6, 6.07) is 2.52. The number of halogens is 1. The lowest BCUT2D eigenvalue weighted by Gasteiger charge is -2.20. The molecule has 1 rings (SSSR count). The normalized spacial score (nSPS) is 11.3. The molecular weight excluding hydrogens is 346 g/mol. The van der Waals surface area contributed by atoms with Gasteiger partial charge in [-0.05, 0) is 24.6 Å². The van der Waals surface area contributed by atoms with Crippen LogP contribution in [0.2, 0.25) is 0 Å². The van der Waals surface area contributed by atoms with Crippen LogP contribution in [-0.2, 0) is 10.0 Å². The number of carbonyl (C=O) groups is 1. The summed E-state index contributed by atoms with van der Waals surface area (Å²) < 4.78 is 26.6. The van der Waals surface area contributed by atoms with Crippen LogP contribution in [0.3, 0.4) is 0 Å². The predicted octanol–water partition coefficient (Wildman–Crippen LogP) is 2.10. The molecule has 0 spiro atoms. The fraction of sp³-hybridized carbons (Fsp3) is 0.308. The Morgan fingerprint density at radius 1 is 1.50 bits per heavy atom. The molecule has 5 nitrogen and oxygen atoms in total. The van der Waals surface area contributed by atoms with Gasteiger partial charge in [-0.1, -0.05) is 28.8 Å². The van der Waals surface area contributed by atoms with Crippen molar-refractivity contribution in [2.45, 2.75) is 18.7 Å². The molecule has 0 saturated carbocycles. The summed E-state index contributed by atoms with van der Waals surface area (Å²) in [6.07, 6.45) is 5.17. The Hall–Kier alpha value is -1.36. The molecule has 7 heteroatoms. The Morgan fingerprint density at radius 2 is 2.10 bits per heavy atom. The minimum atomic E-state index is -3.82. The van der Waals surface area contributed by atoms with E-state index in [-0.39, 0.29) is 23.5 Å². The number of carboxylic acid groups (broad SMARTS) is 1. The highest BCUT2D eigenvalue weighted by molar-refractivity contribution is 9.10. The second-order valence-electron chi connectivity index (χ2n) is 4.02. The molecule has 0 aliphatic heterocycles. The van der Waals surface area contributed by atoms with Crippen LogP contribution in [0.25, 0.3) is 0 Å². The summed E-state index contributed by atoms with van der Waals surface area (Å²) in [5, 5.41) is 9.03. The van der Waals surface area contributed by atoms with Gasteiger partial charge in [0.05, 0.1) is 17.0 Å². The van der Waals surface area contributed by atoms with Gasteiger partial charge in [-0.15, -0.1) is 6.42 Å². The van der Waals surface area contributed by atoms with Crippen molar-refractivity contribution in [3.05, 3.63) is 27.7 Å². The van der Waals surface area contributed by atoms with Crippen LogP contribution in [0.4, 0.5) is 0 Å². The highest BCUT2D eigenvalue weighted by atomic mass is 79.9. The minimum Gasteiger partial charge on any atom is -0.478 e. The minimum absolute atomic E-state index is 0.0543. The topological polar surface area (TPSA) is 74.7 Å². The highest BCUT2D eigenvalue weighted by Crippen LogP contribution is 2.28. The number of sulfonamides is 1. The SMILES string of the molecule is C#CCN(CC)S(=O)(=O)c1cc(C(=O)O)cc(Br)c1C. The van der Waals surface area contributed by atoms with E-state index in [1.165, 1.54) is 6.07 Å². The summed E-state index contributed by atoms with van der Waals surface area (Å²) in [4.78, 5) is 11.0. The molecule has 0 atom stereocenters. The lowest BCUT2D eigenvalue weighted by atomic mass is 10.1. The van der Waals surface area contributed by atoms with Crippen LogP contribution in [0.15, 0.2) is 21.5 Å². The van der Waals surface area contributed by atoms with E-state index >= 15 is 0 Å². The van der Waals surface area contributed by atoms with Crippen molar-refractivity contribution in [2.75, 3.05) is 13.1 Å². The van der Waals surface area contributed by atoms with Crippen LogP contribution >= 0.6 is 15.9 Å². The average molecular weight is 360 g/mol. The van der Waals surface area contributed by atoms with Gasteiger partial charge in [0.25, 0.3) is 0 Å². The molecule has 0 radical (unpaired) electrons. The molecule has 0 fully saturated rings.